The zero-order valence-corrected chi connectivity index (χ0v) is 20.2. The van der Waals surface area contributed by atoms with E-state index < -0.39 is 33.7 Å². The third-order valence-corrected chi connectivity index (χ3v) is 7.13. The summed E-state index contributed by atoms with van der Waals surface area (Å²) in [5.41, 5.74) is 4.65. The van der Waals surface area contributed by atoms with E-state index in [0.29, 0.717) is 19.4 Å². The van der Waals surface area contributed by atoms with Crippen molar-refractivity contribution >= 4 is 27.4 Å². The summed E-state index contributed by atoms with van der Waals surface area (Å²) in [6, 6.07) is 7.78. The maximum absolute atomic E-state index is 13.3. The van der Waals surface area contributed by atoms with Gasteiger partial charge in [-0.05, 0) is 25.0 Å². The number of aromatic nitrogens is 2. The van der Waals surface area contributed by atoms with Gasteiger partial charge in [-0.3, -0.25) is 19.1 Å². The Hall–Kier alpha value is -2.92. The van der Waals surface area contributed by atoms with E-state index in [-0.39, 0.29) is 22.9 Å². The van der Waals surface area contributed by atoms with Gasteiger partial charge in [-0.15, -0.1) is 0 Å². The number of benzene rings is 1. The Kier molecular flexibility index (Phi) is 9.42. The molecule has 0 saturated carbocycles. The first-order chi connectivity index (χ1) is 15.6. The maximum Gasteiger partial charge on any atom is 0.330 e. The van der Waals surface area contributed by atoms with Crippen molar-refractivity contribution in [1.29, 1.82) is 0 Å². The van der Waals surface area contributed by atoms with E-state index in [1.165, 1.54) is 28.6 Å². The number of sulfonamides is 1. The monoisotopic (exact) mass is 479 g/mol. The number of hydrogen-bond acceptors (Lipinski definition) is 6. The van der Waals surface area contributed by atoms with Gasteiger partial charge < -0.3 is 10.6 Å². The van der Waals surface area contributed by atoms with Crippen molar-refractivity contribution < 1.29 is 13.2 Å². The third kappa shape index (κ3) is 6.32. The lowest BCUT2D eigenvalue weighted by atomic mass is 10.2. The number of nitrogens with two attached hydrogens (primary N) is 1. The first-order valence-corrected chi connectivity index (χ1v) is 12.5. The SMILES string of the molecule is CCCCCN(C(=O)CN(C)S(=O)(=O)c1ccccc1)c1c(N)n(CCCC)c(=O)[nH]c1=O. The smallest absolute Gasteiger partial charge is 0.330 e. The molecule has 0 aliphatic carbocycles. The number of aromatic amines is 1. The van der Waals surface area contributed by atoms with Crippen molar-refractivity contribution in [1.82, 2.24) is 13.9 Å². The molecule has 0 unspecified atom stereocenters. The topological polar surface area (TPSA) is 139 Å². The molecule has 0 saturated heterocycles. The molecule has 11 heteroatoms. The molecule has 1 aromatic heterocycles. The minimum atomic E-state index is -3.91. The molecule has 2 rings (SSSR count). The van der Waals surface area contributed by atoms with Crippen molar-refractivity contribution in [2.45, 2.75) is 57.4 Å². The van der Waals surface area contributed by atoms with Crippen LogP contribution in [0.3, 0.4) is 0 Å². The molecule has 0 atom stereocenters. The highest BCUT2D eigenvalue weighted by atomic mass is 32.2. The van der Waals surface area contributed by atoms with Gasteiger partial charge in [0.2, 0.25) is 15.9 Å². The Balaban J connectivity index is 2.43. The van der Waals surface area contributed by atoms with Gasteiger partial charge in [0, 0.05) is 20.1 Å². The summed E-state index contributed by atoms with van der Waals surface area (Å²) in [5.74, 6) is -0.707. The summed E-state index contributed by atoms with van der Waals surface area (Å²) in [5, 5.41) is 0. The standard InChI is InChI=1S/C22H33N5O5S/c1-4-6-11-15-26(19-20(23)27(14-7-5-2)22(30)24-21(19)29)18(28)16-25(3)33(31,32)17-12-9-8-10-13-17/h8-10,12-13H,4-7,11,14-16,23H2,1-3H3,(H,24,29,30). The fraction of sp³-hybridized carbons (Fsp3) is 0.500. The number of hydrogen-bond donors (Lipinski definition) is 2. The molecule has 2 aromatic rings. The molecule has 1 aromatic carbocycles. The first-order valence-electron chi connectivity index (χ1n) is 11.1. The lowest BCUT2D eigenvalue weighted by Crippen LogP contribution is -2.46. The van der Waals surface area contributed by atoms with Crippen LogP contribution >= 0.6 is 0 Å². The third-order valence-electron chi connectivity index (χ3n) is 5.31. The van der Waals surface area contributed by atoms with Crippen molar-refractivity contribution in [3.8, 4) is 0 Å². The zero-order valence-electron chi connectivity index (χ0n) is 19.4. The number of amides is 1. The lowest BCUT2D eigenvalue weighted by molar-refractivity contribution is -0.118. The second kappa shape index (κ2) is 11.8. The Morgan fingerprint density at radius 3 is 2.30 bits per heavy atom. The van der Waals surface area contributed by atoms with Gasteiger partial charge in [-0.2, -0.15) is 4.31 Å². The second-order valence-electron chi connectivity index (χ2n) is 7.82. The summed E-state index contributed by atoms with van der Waals surface area (Å²) < 4.78 is 27.9. The van der Waals surface area contributed by atoms with Crippen molar-refractivity contribution in [2.24, 2.45) is 0 Å². The average molecular weight is 480 g/mol. The van der Waals surface area contributed by atoms with Crippen LogP contribution in [0, 0.1) is 0 Å². The van der Waals surface area contributed by atoms with Gasteiger partial charge >= 0.3 is 5.69 Å². The number of nitrogens with one attached hydrogen (secondary N) is 1. The van der Waals surface area contributed by atoms with Crippen LogP contribution in [0.15, 0.2) is 44.8 Å². The Morgan fingerprint density at radius 1 is 1.06 bits per heavy atom. The summed E-state index contributed by atoms with van der Waals surface area (Å²) in [6.07, 6.45) is 3.74. The van der Waals surface area contributed by atoms with Gasteiger partial charge in [0.25, 0.3) is 5.56 Å². The Morgan fingerprint density at radius 2 is 1.70 bits per heavy atom. The van der Waals surface area contributed by atoms with Gasteiger partial charge in [-0.1, -0.05) is 51.3 Å². The fourth-order valence-electron chi connectivity index (χ4n) is 3.39. The van der Waals surface area contributed by atoms with Crippen LogP contribution in [0.25, 0.3) is 0 Å². The van der Waals surface area contributed by atoms with Crippen LogP contribution in [0.2, 0.25) is 0 Å². The number of carbonyl (C=O) groups is 1. The first kappa shape index (κ1) is 26.3. The Labute approximate surface area is 194 Å². The van der Waals surface area contributed by atoms with Crippen LogP contribution in [0.5, 0.6) is 0 Å². The predicted octanol–water partition coefficient (Wildman–Crippen LogP) is 1.76. The molecule has 1 amide bonds. The normalized spacial score (nSPS) is 11.6. The molecule has 0 aliphatic heterocycles. The van der Waals surface area contributed by atoms with Gasteiger partial charge in [-0.25, -0.2) is 13.2 Å². The maximum atomic E-state index is 13.3. The molecule has 33 heavy (non-hydrogen) atoms. The zero-order chi connectivity index (χ0) is 24.6. The minimum absolute atomic E-state index is 0.0586. The molecule has 10 nitrogen and oxygen atoms in total. The molecule has 0 fully saturated rings. The van der Waals surface area contributed by atoms with Crippen LogP contribution < -0.4 is 21.9 Å². The van der Waals surface area contributed by atoms with Crippen molar-refractivity contribution in [3.05, 3.63) is 51.2 Å². The van der Waals surface area contributed by atoms with E-state index in [4.69, 9.17) is 5.73 Å². The summed E-state index contributed by atoms with van der Waals surface area (Å²) in [6.45, 7) is 3.93. The summed E-state index contributed by atoms with van der Waals surface area (Å²) >= 11 is 0. The number of H-pyrrole nitrogens is 1. The highest BCUT2D eigenvalue weighted by Gasteiger charge is 2.28. The number of nitrogen functional groups attached to an aromatic ring is 1. The van der Waals surface area contributed by atoms with E-state index >= 15 is 0 Å². The summed E-state index contributed by atoms with van der Waals surface area (Å²) in [7, 11) is -2.60. The second-order valence-corrected chi connectivity index (χ2v) is 9.87. The van der Waals surface area contributed by atoms with Crippen molar-refractivity contribution in [2.75, 3.05) is 30.8 Å². The highest BCUT2D eigenvalue weighted by molar-refractivity contribution is 7.89. The van der Waals surface area contributed by atoms with Gasteiger partial charge in [0.15, 0.2) is 5.69 Å². The largest absolute Gasteiger partial charge is 0.383 e. The number of rotatable bonds is 12. The van der Waals surface area contributed by atoms with Gasteiger partial charge in [0.1, 0.15) is 5.82 Å². The Bertz CT molecular complexity index is 1160. The molecule has 3 N–H and O–H groups in total. The van der Waals surface area contributed by atoms with E-state index in [0.717, 1.165) is 23.6 Å². The number of anilines is 2. The minimum Gasteiger partial charge on any atom is -0.383 e. The molecule has 1 heterocycles. The van der Waals surface area contributed by atoms with E-state index in [1.807, 2.05) is 13.8 Å². The van der Waals surface area contributed by atoms with Gasteiger partial charge in [0.05, 0.1) is 11.4 Å². The molecular weight excluding hydrogens is 446 g/mol. The molecule has 0 spiro atoms. The van der Waals surface area contributed by atoms with Crippen LogP contribution in [0.1, 0.15) is 46.0 Å². The molecule has 0 bridgehead atoms. The number of carbonyl (C=O) groups excluding carboxylic acids is 1. The fourth-order valence-corrected chi connectivity index (χ4v) is 4.53. The van der Waals surface area contributed by atoms with Crippen LogP contribution in [-0.4, -0.2) is 48.3 Å². The molecule has 0 aliphatic rings. The lowest BCUT2D eigenvalue weighted by Gasteiger charge is -2.26. The molecule has 182 valence electrons. The quantitative estimate of drug-likeness (QED) is 0.445. The number of unbranched alkanes of at least 4 members (excludes halogenated alkanes) is 3. The summed E-state index contributed by atoms with van der Waals surface area (Å²) in [4.78, 5) is 41.7. The molecular formula is C22H33N5O5S. The number of likely N-dealkylation sites (N-methyl/N-ethyl adjacent to an activating group) is 1. The van der Waals surface area contributed by atoms with Crippen LogP contribution in [-0.2, 0) is 21.4 Å². The van der Waals surface area contributed by atoms with E-state index in [2.05, 4.69) is 4.98 Å². The average Bonchev–Trinajstić information content (AvgIpc) is 2.78. The van der Waals surface area contributed by atoms with E-state index in [9.17, 15) is 22.8 Å². The number of nitrogens with zero attached hydrogens (tertiary/aromatic N) is 3. The predicted molar refractivity (Wildman–Crippen MR) is 129 cm³/mol. The van der Waals surface area contributed by atoms with Crippen LogP contribution in [0.4, 0.5) is 11.5 Å². The molecule has 0 radical (unpaired) electrons. The van der Waals surface area contributed by atoms with E-state index in [1.54, 1.807) is 18.2 Å². The highest BCUT2D eigenvalue weighted by Crippen LogP contribution is 2.20. The van der Waals surface area contributed by atoms with Crippen molar-refractivity contribution in [3.63, 3.8) is 0 Å².